The predicted molar refractivity (Wildman–Crippen MR) is 62.8 cm³/mol. The molecule has 0 atom stereocenters. The van der Waals surface area contributed by atoms with Gasteiger partial charge in [-0.3, -0.25) is 14.9 Å². The van der Waals surface area contributed by atoms with Crippen LogP contribution < -0.4 is 0 Å². The fraction of sp³-hybridized carbons (Fsp3) is 0.417. The number of benzene rings is 1. The van der Waals surface area contributed by atoms with Crippen LogP contribution in [0, 0.1) is 10.1 Å². The molecule has 0 aliphatic rings. The fourth-order valence-corrected chi connectivity index (χ4v) is 1.43. The molecule has 5 heteroatoms. The Labute approximate surface area is 99.5 Å². The molecule has 0 unspecified atom stereocenters. The highest BCUT2D eigenvalue weighted by Crippen LogP contribution is 2.26. The lowest BCUT2D eigenvalue weighted by molar-refractivity contribution is -0.384. The molecule has 0 aliphatic carbocycles. The van der Waals surface area contributed by atoms with Crippen molar-refractivity contribution in [3.63, 3.8) is 0 Å². The molecule has 0 amide bonds. The first-order valence-corrected chi connectivity index (χ1v) is 5.31. The first-order chi connectivity index (χ1) is 7.89. The predicted octanol–water partition coefficient (Wildman–Crippen LogP) is 2.44. The number of non-ortho nitro benzene ring substituents is 1. The van der Waals surface area contributed by atoms with E-state index in [-0.39, 0.29) is 11.7 Å². The summed E-state index contributed by atoms with van der Waals surface area (Å²) in [7, 11) is 0. The molecule has 17 heavy (non-hydrogen) atoms. The normalized spacial score (nSPS) is 11.0. The molecule has 0 fully saturated rings. The molecular weight excluding hydrogens is 222 g/mol. The number of hydrogen-bond donors (Lipinski definition) is 0. The Kier molecular flexibility index (Phi) is 3.83. The highest BCUT2D eigenvalue weighted by Gasteiger charge is 2.31. The van der Waals surface area contributed by atoms with Crippen molar-refractivity contribution in [1.29, 1.82) is 0 Å². The molecule has 0 radical (unpaired) electrons. The summed E-state index contributed by atoms with van der Waals surface area (Å²) in [6.07, 6.45) is 0. The number of esters is 1. The van der Waals surface area contributed by atoms with Crippen LogP contribution in [0.3, 0.4) is 0 Å². The summed E-state index contributed by atoms with van der Waals surface area (Å²) in [5.74, 6) is -0.339. The molecule has 5 nitrogen and oxygen atoms in total. The van der Waals surface area contributed by atoms with Crippen LogP contribution in [0.15, 0.2) is 24.3 Å². The molecule has 0 bridgehead atoms. The Hall–Kier alpha value is -1.91. The number of hydrogen-bond acceptors (Lipinski definition) is 4. The van der Waals surface area contributed by atoms with Crippen molar-refractivity contribution in [2.24, 2.45) is 0 Å². The van der Waals surface area contributed by atoms with Crippen molar-refractivity contribution < 1.29 is 14.5 Å². The standard InChI is InChI=1S/C12H15NO4/c1-4-17-11(14)12(2,3)9-5-7-10(8-6-9)13(15)16/h5-8H,4H2,1-3H3. The summed E-state index contributed by atoms with van der Waals surface area (Å²) in [6.45, 7) is 5.51. The van der Waals surface area contributed by atoms with E-state index in [1.807, 2.05) is 0 Å². The molecule has 92 valence electrons. The van der Waals surface area contributed by atoms with Crippen LogP contribution in [0.2, 0.25) is 0 Å². The van der Waals surface area contributed by atoms with Crippen LogP contribution in [0.1, 0.15) is 26.3 Å². The van der Waals surface area contributed by atoms with E-state index < -0.39 is 10.3 Å². The van der Waals surface area contributed by atoms with E-state index in [9.17, 15) is 14.9 Å². The van der Waals surface area contributed by atoms with Crippen LogP contribution in [-0.2, 0) is 14.9 Å². The number of nitro groups is 1. The maximum absolute atomic E-state index is 11.7. The minimum absolute atomic E-state index is 0.00779. The largest absolute Gasteiger partial charge is 0.465 e. The van der Waals surface area contributed by atoms with E-state index in [1.54, 1.807) is 32.9 Å². The first-order valence-electron chi connectivity index (χ1n) is 5.31. The zero-order chi connectivity index (χ0) is 13.1. The SMILES string of the molecule is CCOC(=O)C(C)(C)c1ccc([N+](=O)[O-])cc1. The Bertz CT molecular complexity index is 423. The van der Waals surface area contributed by atoms with E-state index >= 15 is 0 Å². The average molecular weight is 237 g/mol. The lowest BCUT2D eigenvalue weighted by Gasteiger charge is -2.22. The van der Waals surface area contributed by atoms with Crippen LogP contribution in [0.4, 0.5) is 5.69 Å². The van der Waals surface area contributed by atoms with Gasteiger partial charge >= 0.3 is 5.97 Å². The third kappa shape index (κ3) is 2.81. The van der Waals surface area contributed by atoms with Gasteiger partial charge in [0.2, 0.25) is 0 Å². The summed E-state index contributed by atoms with van der Waals surface area (Å²) in [6, 6.07) is 5.93. The summed E-state index contributed by atoms with van der Waals surface area (Å²) < 4.78 is 4.97. The fourth-order valence-electron chi connectivity index (χ4n) is 1.43. The molecule has 0 aromatic heterocycles. The quantitative estimate of drug-likeness (QED) is 0.458. The van der Waals surface area contributed by atoms with E-state index in [2.05, 4.69) is 0 Å². The van der Waals surface area contributed by atoms with E-state index in [0.29, 0.717) is 12.2 Å². The second-order valence-electron chi connectivity index (χ2n) is 4.15. The number of nitrogens with zero attached hydrogens (tertiary/aromatic N) is 1. The van der Waals surface area contributed by atoms with Gasteiger partial charge in [-0.15, -0.1) is 0 Å². The molecule has 0 saturated heterocycles. The molecule has 1 aromatic carbocycles. The van der Waals surface area contributed by atoms with Gasteiger partial charge in [-0.2, -0.15) is 0 Å². The number of carbonyl (C=O) groups is 1. The third-order valence-electron chi connectivity index (χ3n) is 2.59. The topological polar surface area (TPSA) is 69.4 Å². The van der Waals surface area contributed by atoms with E-state index in [4.69, 9.17) is 4.74 Å². The smallest absolute Gasteiger partial charge is 0.315 e. The number of rotatable bonds is 4. The highest BCUT2D eigenvalue weighted by molar-refractivity contribution is 5.82. The first kappa shape index (κ1) is 13.2. The Morgan fingerprint density at radius 3 is 2.29 bits per heavy atom. The van der Waals surface area contributed by atoms with Gasteiger partial charge in [-0.1, -0.05) is 12.1 Å². The average Bonchev–Trinajstić information content (AvgIpc) is 2.29. The molecule has 1 aromatic rings. The van der Waals surface area contributed by atoms with Gasteiger partial charge in [-0.25, -0.2) is 0 Å². The molecule has 0 aliphatic heterocycles. The van der Waals surface area contributed by atoms with Gasteiger partial charge in [0.25, 0.3) is 5.69 Å². The minimum atomic E-state index is -0.800. The van der Waals surface area contributed by atoms with Crippen LogP contribution in [-0.4, -0.2) is 17.5 Å². The second kappa shape index (κ2) is 4.95. The van der Waals surface area contributed by atoms with Crippen molar-refractivity contribution in [3.05, 3.63) is 39.9 Å². The molecule has 0 N–H and O–H groups in total. The van der Waals surface area contributed by atoms with Crippen LogP contribution in [0.5, 0.6) is 0 Å². The van der Waals surface area contributed by atoms with Crippen molar-refractivity contribution in [2.75, 3.05) is 6.61 Å². The van der Waals surface area contributed by atoms with Gasteiger partial charge in [-0.05, 0) is 26.3 Å². The van der Waals surface area contributed by atoms with Gasteiger partial charge < -0.3 is 4.74 Å². The molecule has 0 spiro atoms. The van der Waals surface area contributed by atoms with Crippen molar-refractivity contribution >= 4 is 11.7 Å². The van der Waals surface area contributed by atoms with Crippen LogP contribution in [0.25, 0.3) is 0 Å². The van der Waals surface area contributed by atoms with Crippen molar-refractivity contribution in [3.8, 4) is 0 Å². The monoisotopic (exact) mass is 237 g/mol. The zero-order valence-corrected chi connectivity index (χ0v) is 10.1. The second-order valence-corrected chi connectivity index (χ2v) is 4.15. The lowest BCUT2D eigenvalue weighted by Crippen LogP contribution is -2.31. The molecular formula is C12H15NO4. The minimum Gasteiger partial charge on any atom is -0.465 e. The van der Waals surface area contributed by atoms with E-state index in [0.717, 1.165) is 0 Å². The third-order valence-corrected chi connectivity index (χ3v) is 2.59. The Balaban J connectivity index is 2.99. The summed E-state index contributed by atoms with van der Waals surface area (Å²) >= 11 is 0. The summed E-state index contributed by atoms with van der Waals surface area (Å²) in [5, 5.41) is 10.5. The molecule has 0 saturated carbocycles. The van der Waals surface area contributed by atoms with Crippen molar-refractivity contribution in [2.45, 2.75) is 26.2 Å². The molecule has 0 heterocycles. The van der Waals surface area contributed by atoms with Gasteiger partial charge in [0.05, 0.1) is 16.9 Å². The lowest BCUT2D eigenvalue weighted by atomic mass is 9.85. The van der Waals surface area contributed by atoms with Crippen molar-refractivity contribution in [1.82, 2.24) is 0 Å². The van der Waals surface area contributed by atoms with Gasteiger partial charge in [0.1, 0.15) is 0 Å². The van der Waals surface area contributed by atoms with E-state index in [1.165, 1.54) is 12.1 Å². The Morgan fingerprint density at radius 2 is 1.88 bits per heavy atom. The van der Waals surface area contributed by atoms with Crippen LogP contribution >= 0.6 is 0 Å². The number of ether oxygens (including phenoxy) is 1. The number of nitro benzene ring substituents is 1. The van der Waals surface area contributed by atoms with Gasteiger partial charge in [0.15, 0.2) is 0 Å². The summed E-state index contributed by atoms with van der Waals surface area (Å²) in [4.78, 5) is 21.8. The number of carbonyl (C=O) groups excluding carboxylic acids is 1. The molecule has 1 rings (SSSR count). The summed E-state index contributed by atoms with van der Waals surface area (Å²) in [5.41, 5.74) is -0.0968. The zero-order valence-electron chi connectivity index (χ0n) is 10.1. The highest BCUT2D eigenvalue weighted by atomic mass is 16.6. The maximum Gasteiger partial charge on any atom is 0.315 e. The Morgan fingerprint density at radius 1 is 1.35 bits per heavy atom. The van der Waals surface area contributed by atoms with Gasteiger partial charge in [0, 0.05) is 12.1 Å². The maximum atomic E-state index is 11.7.